The summed E-state index contributed by atoms with van der Waals surface area (Å²) >= 11 is 7.79. The van der Waals surface area contributed by atoms with Crippen LogP contribution < -0.4 is 10.6 Å². The van der Waals surface area contributed by atoms with Gasteiger partial charge in [-0.2, -0.15) is 0 Å². The maximum Gasteiger partial charge on any atom is 0.0519 e. The van der Waals surface area contributed by atoms with E-state index in [-0.39, 0.29) is 0 Å². The first-order valence-corrected chi connectivity index (χ1v) is 6.68. The van der Waals surface area contributed by atoms with Gasteiger partial charge in [-0.05, 0) is 29.1 Å². The van der Waals surface area contributed by atoms with E-state index in [1.165, 1.54) is 4.88 Å². The molecule has 4 heteroatoms. The van der Waals surface area contributed by atoms with Crippen LogP contribution in [-0.2, 0) is 13.1 Å². The predicted molar refractivity (Wildman–Crippen MR) is 75.8 cm³/mol. The molecule has 0 atom stereocenters. The zero-order valence-electron chi connectivity index (χ0n) is 9.69. The fraction of sp³-hybridized carbons (Fsp3) is 0.231. The highest BCUT2D eigenvalue weighted by Gasteiger charge is 2.08. The van der Waals surface area contributed by atoms with Crippen molar-refractivity contribution in [3.05, 3.63) is 51.2 Å². The molecule has 0 amide bonds. The van der Waals surface area contributed by atoms with Gasteiger partial charge in [-0.15, -0.1) is 11.3 Å². The molecule has 0 saturated carbocycles. The smallest absolute Gasteiger partial charge is 0.0519 e. The Kier molecular flexibility index (Phi) is 4.05. The number of anilines is 1. The van der Waals surface area contributed by atoms with Gasteiger partial charge < -0.3 is 10.6 Å². The van der Waals surface area contributed by atoms with Crippen LogP contribution in [0.4, 0.5) is 5.69 Å². The lowest BCUT2D eigenvalue weighted by Crippen LogP contribution is -2.18. The Labute approximate surface area is 111 Å². The van der Waals surface area contributed by atoms with E-state index in [2.05, 4.69) is 29.5 Å². The van der Waals surface area contributed by atoms with Crippen LogP contribution in [0, 0.1) is 0 Å². The zero-order valence-corrected chi connectivity index (χ0v) is 11.3. The average molecular weight is 267 g/mol. The number of benzene rings is 1. The molecule has 17 heavy (non-hydrogen) atoms. The minimum Gasteiger partial charge on any atom is -0.369 e. The quantitative estimate of drug-likeness (QED) is 0.918. The third kappa shape index (κ3) is 3.00. The molecule has 0 aliphatic heterocycles. The molecule has 0 unspecified atom stereocenters. The molecule has 2 nitrogen and oxygen atoms in total. The summed E-state index contributed by atoms with van der Waals surface area (Å²) < 4.78 is 0. The largest absolute Gasteiger partial charge is 0.369 e. The number of nitrogens with zero attached hydrogens (tertiary/aromatic N) is 1. The fourth-order valence-electron chi connectivity index (χ4n) is 1.79. The van der Waals surface area contributed by atoms with Crippen molar-refractivity contribution < 1.29 is 0 Å². The second kappa shape index (κ2) is 5.54. The molecule has 0 fully saturated rings. The monoisotopic (exact) mass is 266 g/mol. The summed E-state index contributed by atoms with van der Waals surface area (Å²) in [5.74, 6) is 0. The van der Waals surface area contributed by atoms with Crippen molar-refractivity contribution in [2.24, 2.45) is 5.73 Å². The Bertz CT molecular complexity index is 482. The highest BCUT2D eigenvalue weighted by Crippen LogP contribution is 2.25. The number of hydrogen-bond acceptors (Lipinski definition) is 3. The average Bonchev–Trinajstić information content (AvgIpc) is 2.81. The third-order valence-corrected chi connectivity index (χ3v) is 3.75. The van der Waals surface area contributed by atoms with Gasteiger partial charge in [0, 0.05) is 29.2 Å². The molecule has 0 spiro atoms. The number of thiophene rings is 1. The van der Waals surface area contributed by atoms with Crippen LogP contribution in [0.5, 0.6) is 0 Å². The summed E-state index contributed by atoms with van der Waals surface area (Å²) in [4.78, 5) is 3.51. The Hall–Kier alpha value is -1.03. The van der Waals surface area contributed by atoms with Gasteiger partial charge in [0.25, 0.3) is 0 Å². The van der Waals surface area contributed by atoms with E-state index in [1.807, 2.05) is 18.2 Å². The highest BCUT2D eigenvalue weighted by atomic mass is 35.5. The lowest BCUT2D eigenvalue weighted by Gasteiger charge is -2.21. The van der Waals surface area contributed by atoms with Gasteiger partial charge in [0.2, 0.25) is 0 Å². The molecule has 2 N–H and O–H groups in total. The molecule has 0 bridgehead atoms. The maximum absolute atomic E-state index is 6.03. The Balaban J connectivity index is 2.23. The van der Waals surface area contributed by atoms with E-state index < -0.39 is 0 Å². The van der Waals surface area contributed by atoms with Crippen LogP contribution in [0.25, 0.3) is 0 Å². The van der Waals surface area contributed by atoms with Crippen molar-refractivity contribution in [2.75, 3.05) is 11.9 Å². The summed E-state index contributed by atoms with van der Waals surface area (Å²) in [6.45, 7) is 1.41. The van der Waals surface area contributed by atoms with Crippen LogP contribution in [0.3, 0.4) is 0 Å². The van der Waals surface area contributed by atoms with Crippen LogP contribution >= 0.6 is 22.9 Å². The summed E-state index contributed by atoms with van der Waals surface area (Å²) in [5.41, 5.74) is 7.97. The van der Waals surface area contributed by atoms with Crippen molar-refractivity contribution >= 4 is 28.6 Å². The molecular weight excluding hydrogens is 252 g/mol. The fourth-order valence-corrected chi connectivity index (χ4v) is 2.71. The number of halogens is 1. The van der Waals surface area contributed by atoms with Gasteiger partial charge in [0.1, 0.15) is 0 Å². The zero-order chi connectivity index (χ0) is 12.3. The van der Waals surface area contributed by atoms with Crippen molar-refractivity contribution in [1.82, 2.24) is 0 Å². The first-order valence-electron chi connectivity index (χ1n) is 5.42. The lowest BCUT2D eigenvalue weighted by molar-refractivity contribution is 0.918. The summed E-state index contributed by atoms with van der Waals surface area (Å²) in [5, 5.41) is 2.83. The van der Waals surface area contributed by atoms with E-state index in [1.54, 1.807) is 11.3 Å². The van der Waals surface area contributed by atoms with E-state index in [9.17, 15) is 0 Å². The first kappa shape index (κ1) is 12.4. The van der Waals surface area contributed by atoms with E-state index in [0.29, 0.717) is 6.54 Å². The molecule has 0 aliphatic rings. The molecule has 1 heterocycles. The summed E-state index contributed by atoms with van der Waals surface area (Å²) in [6, 6.07) is 10.0. The second-order valence-electron chi connectivity index (χ2n) is 3.91. The molecule has 1 aromatic heterocycles. The topological polar surface area (TPSA) is 29.3 Å². The van der Waals surface area contributed by atoms with Crippen LogP contribution in [-0.4, -0.2) is 7.05 Å². The highest BCUT2D eigenvalue weighted by molar-refractivity contribution is 7.09. The number of nitrogens with two attached hydrogens (primary N) is 1. The first-order chi connectivity index (χ1) is 8.20. The molecule has 90 valence electrons. The summed E-state index contributed by atoms with van der Waals surface area (Å²) in [6.07, 6.45) is 0. The SMILES string of the molecule is CN(Cc1cccs1)c1cc(Cl)ccc1CN. The van der Waals surface area contributed by atoms with Crippen LogP contribution in [0.15, 0.2) is 35.7 Å². The molecule has 0 radical (unpaired) electrons. The Morgan fingerprint density at radius 2 is 2.18 bits per heavy atom. The van der Waals surface area contributed by atoms with Crippen molar-refractivity contribution in [3.8, 4) is 0 Å². The van der Waals surface area contributed by atoms with Crippen LogP contribution in [0.2, 0.25) is 5.02 Å². The Morgan fingerprint density at radius 1 is 1.35 bits per heavy atom. The van der Waals surface area contributed by atoms with Gasteiger partial charge in [-0.1, -0.05) is 23.7 Å². The molecule has 2 aromatic rings. The van der Waals surface area contributed by atoms with Crippen LogP contribution in [0.1, 0.15) is 10.4 Å². The minimum absolute atomic E-state index is 0.529. The second-order valence-corrected chi connectivity index (χ2v) is 5.38. The molecule has 2 rings (SSSR count). The van der Waals surface area contributed by atoms with Crippen molar-refractivity contribution in [3.63, 3.8) is 0 Å². The molecular formula is C13H15ClN2S. The van der Waals surface area contributed by atoms with Gasteiger partial charge in [0.05, 0.1) is 6.54 Å². The minimum atomic E-state index is 0.529. The standard InChI is InChI=1S/C13H15ClN2S/c1-16(9-12-3-2-6-17-12)13-7-11(14)5-4-10(13)8-15/h2-7H,8-9,15H2,1H3. The van der Waals surface area contributed by atoms with Gasteiger partial charge in [-0.3, -0.25) is 0 Å². The van der Waals surface area contributed by atoms with E-state index in [4.69, 9.17) is 17.3 Å². The van der Waals surface area contributed by atoms with Gasteiger partial charge in [0.15, 0.2) is 0 Å². The maximum atomic E-state index is 6.03. The molecule has 0 saturated heterocycles. The lowest BCUT2D eigenvalue weighted by atomic mass is 10.1. The number of hydrogen-bond donors (Lipinski definition) is 1. The molecule has 1 aromatic carbocycles. The van der Waals surface area contributed by atoms with Crippen molar-refractivity contribution in [2.45, 2.75) is 13.1 Å². The summed E-state index contributed by atoms with van der Waals surface area (Å²) in [7, 11) is 2.06. The third-order valence-electron chi connectivity index (χ3n) is 2.65. The normalized spacial score (nSPS) is 10.5. The van der Waals surface area contributed by atoms with Gasteiger partial charge >= 0.3 is 0 Å². The van der Waals surface area contributed by atoms with Crippen molar-refractivity contribution in [1.29, 1.82) is 0 Å². The molecule has 0 aliphatic carbocycles. The van der Waals surface area contributed by atoms with Gasteiger partial charge in [-0.25, -0.2) is 0 Å². The van der Waals surface area contributed by atoms with E-state index in [0.717, 1.165) is 22.8 Å². The van der Waals surface area contributed by atoms with E-state index >= 15 is 0 Å². The number of rotatable bonds is 4. The predicted octanol–water partition coefficient (Wildman–Crippen LogP) is 3.50. The Morgan fingerprint density at radius 3 is 2.82 bits per heavy atom.